The van der Waals surface area contributed by atoms with Crippen LogP contribution in [-0.2, 0) is 5.41 Å². The molecular weight excluding hydrogens is 476 g/mol. The van der Waals surface area contributed by atoms with Gasteiger partial charge in [0.2, 0.25) is 0 Å². The number of hydrogen-bond donors (Lipinski definition) is 0. The number of allylic oxidation sites excluding steroid dienone is 2. The SMILES string of the molecule is CC1(C)c2c3c(n(-c4ccccc4)c2-n2c4ccccc4c4cccc1c42)C(=C(C#N)C#N)C1CCC3CC1. The van der Waals surface area contributed by atoms with Gasteiger partial charge in [0.1, 0.15) is 23.5 Å². The van der Waals surface area contributed by atoms with Gasteiger partial charge in [0.15, 0.2) is 0 Å². The molecule has 0 amide bonds. The van der Waals surface area contributed by atoms with E-state index in [2.05, 4.69) is 108 Å². The van der Waals surface area contributed by atoms with Crippen LogP contribution >= 0.6 is 0 Å². The predicted molar refractivity (Wildman–Crippen MR) is 155 cm³/mol. The quantitative estimate of drug-likeness (QED) is 0.216. The Balaban J connectivity index is 1.67. The summed E-state index contributed by atoms with van der Waals surface area (Å²) in [5, 5.41) is 23.0. The van der Waals surface area contributed by atoms with E-state index in [-0.39, 0.29) is 16.9 Å². The number of hydrogen-bond acceptors (Lipinski definition) is 2. The third-order valence-electron chi connectivity index (χ3n) is 9.69. The topological polar surface area (TPSA) is 57.4 Å². The molecule has 0 unspecified atom stereocenters. The molecule has 5 aromatic rings. The third-order valence-corrected chi connectivity index (χ3v) is 9.69. The summed E-state index contributed by atoms with van der Waals surface area (Å²) < 4.78 is 4.89. The van der Waals surface area contributed by atoms with Gasteiger partial charge in [-0.1, -0.05) is 68.4 Å². The lowest BCUT2D eigenvalue weighted by atomic mass is 9.71. The van der Waals surface area contributed by atoms with Gasteiger partial charge < -0.3 is 0 Å². The van der Waals surface area contributed by atoms with Crippen LogP contribution in [0.3, 0.4) is 0 Å². The fraction of sp³-hybridized carbons (Fsp3) is 0.257. The molecule has 188 valence electrons. The lowest BCUT2D eigenvalue weighted by Gasteiger charge is -2.36. The van der Waals surface area contributed by atoms with Crippen molar-refractivity contribution in [3.05, 3.63) is 101 Å². The molecule has 39 heavy (non-hydrogen) atoms. The molecule has 0 radical (unpaired) electrons. The highest BCUT2D eigenvalue weighted by atomic mass is 15.2. The number of benzene rings is 3. The summed E-state index contributed by atoms with van der Waals surface area (Å²) in [5.41, 5.74) is 9.65. The summed E-state index contributed by atoms with van der Waals surface area (Å²) in [5.74, 6) is 1.80. The Kier molecular flexibility index (Phi) is 4.46. The van der Waals surface area contributed by atoms with Crippen molar-refractivity contribution in [2.75, 3.05) is 0 Å². The van der Waals surface area contributed by atoms with Crippen molar-refractivity contribution >= 4 is 27.4 Å². The number of para-hydroxylation sites is 3. The normalized spacial score (nSPS) is 20.3. The van der Waals surface area contributed by atoms with Gasteiger partial charge >= 0.3 is 0 Å². The van der Waals surface area contributed by atoms with Crippen LogP contribution in [0.2, 0.25) is 0 Å². The van der Waals surface area contributed by atoms with E-state index < -0.39 is 0 Å². The van der Waals surface area contributed by atoms with Crippen molar-refractivity contribution in [1.29, 1.82) is 10.5 Å². The predicted octanol–water partition coefficient (Wildman–Crippen LogP) is 8.30. The standard InChI is InChI=1S/C35H28N4/c1-35(2)27-13-8-12-26-25-11-6-7-14-28(25)39(32(26)27)34-31(35)30-22-17-15-21(16-18-22)29(23(19-36)20-37)33(30)38(34)24-9-4-3-5-10-24/h3-14,21-22H,15-18H2,1-2H3. The Hall–Kier alpha value is -4.54. The van der Waals surface area contributed by atoms with Gasteiger partial charge in [-0.2, -0.15) is 10.5 Å². The molecule has 0 saturated heterocycles. The average Bonchev–Trinajstić information content (AvgIpc) is 3.40. The first-order valence-electron chi connectivity index (χ1n) is 14.0. The molecule has 4 aliphatic rings. The van der Waals surface area contributed by atoms with Crippen molar-refractivity contribution in [1.82, 2.24) is 9.13 Å². The molecule has 4 heteroatoms. The van der Waals surface area contributed by atoms with Crippen molar-refractivity contribution < 1.29 is 0 Å². The van der Waals surface area contributed by atoms with Crippen LogP contribution in [0.5, 0.6) is 0 Å². The summed E-state index contributed by atoms with van der Waals surface area (Å²) >= 11 is 0. The van der Waals surface area contributed by atoms with E-state index in [1.54, 1.807) is 0 Å². The van der Waals surface area contributed by atoms with Crippen LogP contribution in [0.25, 0.3) is 38.9 Å². The summed E-state index contributed by atoms with van der Waals surface area (Å²) in [6.45, 7) is 4.74. The van der Waals surface area contributed by atoms with Gasteiger partial charge in [0.25, 0.3) is 0 Å². The highest BCUT2D eigenvalue weighted by molar-refractivity contribution is 6.11. The maximum atomic E-state index is 10.2. The summed E-state index contributed by atoms with van der Waals surface area (Å²) in [7, 11) is 0. The molecule has 4 nitrogen and oxygen atoms in total. The van der Waals surface area contributed by atoms with E-state index in [9.17, 15) is 10.5 Å². The maximum absolute atomic E-state index is 10.2. The van der Waals surface area contributed by atoms with E-state index >= 15 is 0 Å². The number of nitrogens with zero attached hydrogens (tertiary/aromatic N) is 4. The van der Waals surface area contributed by atoms with Crippen LogP contribution in [0.15, 0.2) is 78.4 Å². The second kappa shape index (κ2) is 7.75. The van der Waals surface area contributed by atoms with Crippen molar-refractivity contribution in [3.63, 3.8) is 0 Å². The van der Waals surface area contributed by atoms with Crippen molar-refractivity contribution in [2.24, 2.45) is 5.92 Å². The molecule has 2 aromatic heterocycles. The van der Waals surface area contributed by atoms with Crippen LogP contribution in [0.4, 0.5) is 0 Å². The number of fused-ring (bicyclic) bond motifs is 7. The molecule has 0 spiro atoms. The summed E-state index contributed by atoms with van der Waals surface area (Å²) in [6, 6.07) is 30.6. The average molecular weight is 505 g/mol. The minimum Gasteiger partial charge on any atom is -0.295 e. The number of nitriles is 2. The first kappa shape index (κ1) is 22.4. The first-order valence-corrected chi connectivity index (χ1v) is 14.0. The maximum Gasteiger partial charge on any atom is 0.135 e. The molecule has 3 heterocycles. The van der Waals surface area contributed by atoms with Gasteiger partial charge in [0.05, 0.1) is 16.7 Å². The lowest BCUT2D eigenvalue weighted by Crippen LogP contribution is -2.28. The van der Waals surface area contributed by atoms with Crippen molar-refractivity contribution in [3.8, 4) is 23.6 Å². The van der Waals surface area contributed by atoms with Crippen LogP contribution in [0.1, 0.15) is 67.8 Å². The Labute approximate surface area is 228 Å². The van der Waals surface area contributed by atoms with E-state index in [0.717, 1.165) is 42.6 Å². The molecule has 3 aromatic carbocycles. The zero-order valence-corrected chi connectivity index (χ0v) is 22.2. The van der Waals surface area contributed by atoms with Gasteiger partial charge in [0, 0.05) is 33.0 Å². The molecule has 2 bridgehead atoms. The number of rotatable bonds is 1. The highest BCUT2D eigenvalue weighted by Gasteiger charge is 2.47. The van der Waals surface area contributed by atoms with Gasteiger partial charge in [-0.15, -0.1) is 0 Å². The van der Waals surface area contributed by atoms with Crippen LogP contribution in [-0.4, -0.2) is 9.13 Å². The van der Waals surface area contributed by atoms with Gasteiger partial charge in [-0.3, -0.25) is 9.13 Å². The largest absolute Gasteiger partial charge is 0.295 e. The minimum absolute atomic E-state index is 0.225. The Morgan fingerprint density at radius 1 is 0.769 bits per heavy atom. The van der Waals surface area contributed by atoms with E-state index in [1.807, 2.05) is 0 Å². The highest BCUT2D eigenvalue weighted by Crippen LogP contribution is 2.58. The van der Waals surface area contributed by atoms with Crippen LogP contribution < -0.4 is 0 Å². The second-order valence-corrected chi connectivity index (χ2v) is 11.9. The summed E-state index contributed by atoms with van der Waals surface area (Å²) in [4.78, 5) is 0. The molecule has 1 aliphatic heterocycles. The fourth-order valence-electron chi connectivity index (χ4n) is 8.11. The van der Waals surface area contributed by atoms with E-state index in [4.69, 9.17) is 0 Å². The zero-order valence-electron chi connectivity index (χ0n) is 22.2. The summed E-state index contributed by atoms with van der Waals surface area (Å²) in [6.07, 6.45) is 4.24. The number of aromatic nitrogens is 2. The molecular formula is C35H28N4. The van der Waals surface area contributed by atoms with Crippen LogP contribution in [0, 0.1) is 28.6 Å². The Morgan fingerprint density at radius 3 is 2.18 bits per heavy atom. The molecule has 9 rings (SSSR count). The smallest absolute Gasteiger partial charge is 0.135 e. The Bertz CT molecular complexity index is 1940. The second-order valence-electron chi connectivity index (χ2n) is 11.9. The molecule has 3 aliphatic carbocycles. The Morgan fingerprint density at radius 2 is 1.44 bits per heavy atom. The third kappa shape index (κ3) is 2.71. The fourth-order valence-corrected chi connectivity index (χ4v) is 8.11. The monoisotopic (exact) mass is 504 g/mol. The first-order chi connectivity index (χ1) is 19.1. The molecule has 1 saturated carbocycles. The molecule has 0 N–H and O–H groups in total. The molecule has 0 atom stereocenters. The molecule has 1 fully saturated rings. The van der Waals surface area contributed by atoms with E-state index in [0.29, 0.717) is 5.92 Å². The lowest BCUT2D eigenvalue weighted by molar-refractivity contribution is 0.392. The van der Waals surface area contributed by atoms with Gasteiger partial charge in [-0.25, -0.2) is 0 Å². The zero-order chi connectivity index (χ0) is 26.5. The van der Waals surface area contributed by atoms with E-state index in [1.165, 1.54) is 44.3 Å². The van der Waals surface area contributed by atoms with Crippen molar-refractivity contribution in [2.45, 2.75) is 50.9 Å². The minimum atomic E-state index is -0.254. The van der Waals surface area contributed by atoms with Gasteiger partial charge in [-0.05, 0) is 66.8 Å².